The minimum Gasteiger partial charge on any atom is -0.360 e. The largest absolute Gasteiger partial charge is 0.360 e. The molecule has 1 aromatic rings. The number of anilines is 1. The fraction of sp³-hybridized carbons (Fsp3) is 0.615. The van der Waals surface area contributed by atoms with E-state index in [9.17, 15) is 18.0 Å². The number of hydrogen-bond acceptors (Lipinski definition) is 6. The Morgan fingerprint density at radius 3 is 2.86 bits per heavy atom. The van der Waals surface area contributed by atoms with Crippen LogP contribution in [0.15, 0.2) is 10.6 Å². The van der Waals surface area contributed by atoms with Gasteiger partial charge in [0.2, 0.25) is 11.8 Å². The Balaban J connectivity index is 1.63. The van der Waals surface area contributed by atoms with E-state index < -0.39 is 15.8 Å². The maximum atomic E-state index is 12.2. The summed E-state index contributed by atoms with van der Waals surface area (Å²) in [5, 5.41) is 6.29. The SMILES string of the molecule is Cc1cc(NC(=O)C2CC(=O)N(C3CCS(=O)(=O)C3)C2)no1. The summed E-state index contributed by atoms with van der Waals surface area (Å²) >= 11 is 0. The van der Waals surface area contributed by atoms with Crippen molar-refractivity contribution in [3.05, 3.63) is 11.8 Å². The van der Waals surface area contributed by atoms with Gasteiger partial charge in [-0.1, -0.05) is 5.16 Å². The van der Waals surface area contributed by atoms with Gasteiger partial charge in [0.25, 0.3) is 0 Å². The number of likely N-dealkylation sites (tertiary alicyclic amines) is 1. The Labute approximate surface area is 127 Å². The molecule has 0 spiro atoms. The molecule has 3 heterocycles. The van der Waals surface area contributed by atoms with Crippen LogP contribution in [0.2, 0.25) is 0 Å². The van der Waals surface area contributed by atoms with Crippen molar-refractivity contribution in [3.63, 3.8) is 0 Å². The average molecular weight is 327 g/mol. The van der Waals surface area contributed by atoms with E-state index in [-0.39, 0.29) is 42.3 Å². The van der Waals surface area contributed by atoms with E-state index in [2.05, 4.69) is 10.5 Å². The summed E-state index contributed by atoms with van der Waals surface area (Å²) in [6.45, 7) is 1.96. The van der Waals surface area contributed by atoms with Crippen molar-refractivity contribution in [1.82, 2.24) is 10.1 Å². The van der Waals surface area contributed by atoms with Crippen molar-refractivity contribution < 1.29 is 22.5 Å². The number of aryl methyl sites for hydroxylation is 1. The second kappa shape index (κ2) is 5.38. The molecule has 1 N–H and O–H groups in total. The van der Waals surface area contributed by atoms with Gasteiger partial charge < -0.3 is 14.7 Å². The molecule has 0 aliphatic carbocycles. The molecule has 2 aliphatic heterocycles. The molecule has 2 fully saturated rings. The number of sulfone groups is 1. The topological polar surface area (TPSA) is 110 Å². The van der Waals surface area contributed by atoms with Crippen LogP contribution in [-0.2, 0) is 19.4 Å². The van der Waals surface area contributed by atoms with E-state index in [4.69, 9.17) is 4.52 Å². The molecule has 9 heteroatoms. The van der Waals surface area contributed by atoms with Gasteiger partial charge >= 0.3 is 0 Å². The van der Waals surface area contributed by atoms with Crippen LogP contribution in [0.4, 0.5) is 5.82 Å². The van der Waals surface area contributed by atoms with Crippen LogP contribution in [-0.4, -0.2) is 54.4 Å². The zero-order valence-corrected chi connectivity index (χ0v) is 12.9. The second-order valence-corrected chi connectivity index (χ2v) is 8.04. The molecular formula is C13H17N3O5S. The molecule has 2 unspecified atom stereocenters. The second-order valence-electron chi connectivity index (χ2n) is 5.82. The first kappa shape index (κ1) is 15.0. The van der Waals surface area contributed by atoms with Crippen molar-refractivity contribution in [2.24, 2.45) is 5.92 Å². The third kappa shape index (κ3) is 2.99. The van der Waals surface area contributed by atoms with E-state index in [0.29, 0.717) is 18.0 Å². The normalized spacial score (nSPS) is 27.3. The van der Waals surface area contributed by atoms with Crippen LogP contribution in [0.25, 0.3) is 0 Å². The van der Waals surface area contributed by atoms with E-state index in [1.54, 1.807) is 13.0 Å². The van der Waals surface area contributed by atoms with Gasteiger partial charge in [0.15, 0.2) is 15.7 Å². The number of nitrogens with one attached hydrogen (secondary N) is 1. The van der Waals surface area contributed by atoms with Gasteiger partial charge in [-0.05, 0) is 13.3 Å². The van der Waals surface area contributed by atoms with Crippen LogP contribution >= 0.6 is 0 Å². The molecule has 3 rings (SSSR count). The Kier molecular flexibility index (Phi) is 3.67. The number of carbonyl (C=O) groups excluding carboxylic acids is 2. The molecule has 22 heavy (non-hydrogen) atoms. The quantitative estimate of drug-likeness (QED) is 0.834. The lowest BCUT2D eigenvalue weighted by Crippen LogP contribution is -2.38. The van der Waals surface area contributed by atoms with Crippen molar-refractivity contribution in [2.75, 3.05) is 23.4 Å². The molecule has 0 saturated carbocycles. The fourth-order valence-corrected chi connectivity index (χ4v) is 4.67. The van der Waals surface area contributed by atoms with Gasteiger partial charge in [-0.3, -0.25) is 9.59 Å². The van der Waals surface area contributed by atoms with Crippen molar-refractivity contribution in [1.29, 1.82) is 0 Å². The zero-order valence-electron chi connectivity index (χ0n) is 12.1. The molecule has 0 radical (unpaired) electrons. The summed E-state index contributed by atoms with van der Waals surface area (Å²) in [5.74, 6) is 0.0374. The van der Waals surface area contributed by atoms with Crippen molar-refractivity contribution in [3.8, 4) is 0 Å². The average Bonchev–Trinajstić information content (AvgIpc) is 3.09. The standard InChI is InChI=1S/C13H17N3O5S/c1-8-4-11(15-21-8)14-13(18)9-5-12(17)16(6-9)10-2-3-22(19,20)7-10/h4,9-10H,2-3,5-7H2,1H3,(H,14,15,18). The highest BCUT2D eigenvalue weighted by atomic mass is 32.2. The predicted octanol–water partition coefficient (Wildman–Crippen LogP) is -0.0429. The third-order valence-corrected chi connectivity index (χ3v) is 5.81. The third-order valence-electron chi connectivity index (χ3n) is 4.06. The molecular weight excluding hydrogens is 310 g/mol. The van der Waals surface area contributed by atoms with E-state index in [1.165, 1.54) is 4.90 Å². The lowest BCUT2D eigenvalue weighted by molar-refractivity contribution is -0.129. The molecule has 0 aromatic carbocycles. The Morgan fingerprint density at radius 2 is 2.27 bits per heavy atom. The number of rotatable bonds is 3. The highest BCUT2D eigenvalue weighted by molar-refractivity contribution is 7.91. The van der Waals surface area contributed by atoms with Crippen LogP contribution < -0.4 is 5.32 Å². The zero-order chi connectivity index (χ0) is 15.9. The molecule has 8 nitrogen and oxygen atoms in total. The number of carbonyl (C=O) groups is 2. The number of hydrogen-bond donors (Lipinski definition) is 1. The maximum absolute atomic E-state index is 12.2. The summed E-state index contributed by atoms with van der Waals surface area (Å²) in [6, 6.07) is 1.29. The van der Waals surface area contributed by atoms with E-state index >= 15 is 0 Å². The first-order valence-electron chi connectivity index (χ1n) is 7.08. The van der Waals surface area contributed by atoms with Gasteiger partial charge in [0.1, 0.15) is 5.76 Å². The number of amides is 2. The van der Waals surface area contributed by atoms with E-state index in [1.807, 2.05) is 0 Å². The van der Waals surface area contributed by atoms with Gasteiger partial charge in [-0.15, -0.1) is 0 Å². The summed E-state index contributed by atoms with van der Waals surface area (Å²) in [4.78, 5) is 25.8. The van der Waals surface area contributed by atoms with Crippen molar-refractivity contribution in [2.45, 2.75) is 25.8 Å². The van der Waals surface area contributed by atoms with E-state index in [0.717, 1.165) is 0 Å². The van der Waals surface area contributed by atoms with Crippen LogP contribution in [0.3, 0.4) is 0 Å². The smallest absolute Gasteiger partial charge is 0.231 e. The summed E-state index contributed by atoms with van der Waals surface area (Å²) in [5.41, 5.74) is 0. The van der Waals surface area contributed by atoms with Gasteiger partial charge in [0, 0.05) is 25.1 Å². The summed E-state index contributed by atoms with van der Waals surface area (Å²) < 4.78 is 27.9. The minimum absolute atomic E-state index is 0.00440. The Hall–Kier alpha value is -1.90. The Morgan fingerprint density at radius 1 is 1.50 bits per heavy atom. The first-order chi connectivity index (χ1) is 10.3. The molecule has 2 amide bonds. The monoisotopic (exact) mass is 327 g/mol. The number of aromatic nitrogens is 1. The van der Waals surface area contributed by atoms with Crippen LogP contribution in [0, 0.1) is 12.8 Å². The molecule has 0 bridgehead atoms. The first-order valence-corrected chi connectivity index (χ1v) is 8.90. The highest BCUT2D eigenvalue weighted by Gasteiger charge is 2.41. The fourth-order valence-electron chi connectivity index (χ4n) is 2.93. The minimum atomic E-state index is -3.06. The molecule has 1 aromatic heterocycles. The maximum Gasteiger partial charge on any atom is 0.231 e. The molecule has 120 valence electrons. The van der Waals surface area contributed by atoms with Gasteiger partial charge in [-0.25, -0.2) is 8.42 Å². The van der Waals surface area contributed by atoms with Crippen LogP contribution in [0.1, 0.15) is 18.6 Å². The predicted molar refractivity (Wildman–Crippen MR) is 76.7 cm³/mol. The van der Waals surface area contributed by atoms with Crippen molar-refractivity contribution >= 4 is 27.5 Å². The highest BCUT2D eigenvalue weighted by Crippen LogP contribution is 2.26. The molecule has 2 aliphatic rings. The van der Waals surface area contributed by atoms with Gasteiger partial charge in [0.05, 0.1) is 17.4 Å². The van der Waals surface area contributed by atoms with Gasteiger partial charge in [-0.2, -0.15) is 0 Å². The molecule has 2 saturated heterocycles. The summed E-state index contributed by atoms with van der Waals surface area (Å²) in [7, 11) is -3.06. The molecule has 2 atom stereocenters. The van der Waals surface area contributed by atoms with Crippen LogP contribution in [0.5, 0.6) is 0 Å². The number of nitrogens with zero attached hydrogens (tertiary/aromatic N) is 2. The lowest BCUT2D eigenvalue weighted by atomic mass is 10.1. The Bertz CT molecular complexity index is 711. The lowest BCUT2D eigenvalue weighted by Gasteiger charge is -2.22. The summed E-state index contributed by atoms with van der Waals surface area (Å²) in [6.07, 6.45) is 0.546.